The number of aromatic nitrogens is 4. The van der Waals surface area contributed by atoms with Crippen LogP contribution in [-0.4, -0.2) is 26.2 Å². The Morgan fingerprint density at radius 1 is 1.10 bits per heavy atom. The summed E-state index contributed by atoms with van der Waals surface area (Å²) < 4.78 is 20.9. The number of methoxy groups -OCH3 is 1. The first kappa shape index (κ1) is 18.5. The van der Waals surface area contributed by atoms with Crippen LogP contribution in [0.2, 0.25) is 0 Å². The molecular weight excluding hydrogens is 375 g/mol. The van der Waals surface area contributed by atoms with Crippen LogP contribution in [0.3, 0.4) is 0 Å². The highest BCUT2D eigenvalue weighted by molar-refractivity contribution is 5.75. The van der Waals surface area contributed by atoms with Crippen molar-refractivity contribution in [3.63, 3.8) is 0 Å². The number of benzene rings is 2. The number of rotatable bonds is 4. The number of hydrogen-bond acceptors (Lipinski definition) is 5. The van der Waals surface area contributed by atoms with Gasteiger partial charge in [0.05, 0.1) is 13.7 Å². The first-order chi connectivity index (χ1) is 14.0. The number of fused-ring (bicyclic) bond motifs is 1. The monoisotopic (exact) mass is 392 g/mol. The van der Waals surface area contributed by atoms with Crippen LogP contribution >= 0.6 is 0 Å². The van der Waals surface area contributed by atoms with Gasteiger partial charge in [-0.25, -0.2) is 19.2 Å². The largest absolute Gasteiger partial charge is 0.497 e. The van der Waals surface area contributed by atoms with Crippen LogP contribution in [0.1, 0.15) is 5.56 Å². The van der Waals surface area contributed by atoms with Crippen LogP contribution < -0.4 is 16.0 Å². The van der Waals surface area contributed by atoms with Crippen LogP contribution in [0.25, 0.3) is 22.4 Å². The fraction of sp³-hybridized carbons (Fsp3) is 0.143. The van der Waals surface area contributed by atoms with E-state index in [2.05, 4.69) is 9.97 Å². The molecule has 146 valence electrons. The molecule has 0 aliphatic rings. The van der Waals surface area contributed by atoms with Crippen LogP contribution in [0.5, 0.6) is 5.75 Å². The minimum Gasteiger partial charge on any atom is -0.497 e. The second-order valence-corrected chi connectivity index (χ2v) is 6.52. The van der Waals surface area contributed by atoms with Gasteiger partial charge in [-0.15, -0.1) is 0 Å². The zero-order valence-electron chi connectivity index (χ0n) is 15.8. The van der Waals surface area contributed by atoms with Crippen molar-refractivity contribution in [3.8, 4) is 17.1 Å². The molecule has 29 heavy (non-hydrogen) atoms. The van der Waals surface area contributed by atoms with Crippen molar-refractivity contribution in [3.05, 3.63) is 86.9 Å². The molecule has 0 radical (unpaired) electrons. The smallest absolute Gasteiger partial charge is 0.332 e. The summed E-state index contributed by atoms with van der Waals surface area (Å²) in [5, 5.41) is 0.209. The van der Waals surface area contributed by atoms with Gasteiger partial charge >= 0.3 is 5.69 Å². The highest BCUT2D eigenvalue weighted by Crippen LogP contribution is 2.20. The lowest BCUT2D eigenvalue weighted by atomic mass is 10.2. The molecular formula is C21H17FN4O3. The third kappa shape index (κ3) is 3.40. The Bertz CT molecular complexity index is 1330. The summed E-state index contributed by atoms with van der Waals surface area (Å²) in [4.78, 5) is 34.4. The van der Waals surface area contributed by atoms with E-state index in [0.29, 0.717) is 17.1 Å². The molecule has 7 nitrogen and oxygen atoms in total. The highest BCUT2D eigenvalue weighted by Gasteiger charge is 2.15. The first-order valence-electron chi connectivity index (χ1n) is 8.83. The Kier molecular flexibility index (Phi) is 4.67. The maximum Gasteiger partial charge on any atom is 0.332 e. The Balaban J connectivity index is 1.83. The predicted octanol–water partition coefficient (Wildman–Crippen LogP) is 2.35. The number of ether oxygens (including phenoxy) is 1. The van der Waals surface area contributed by atoms with Gasteiger partial charge in [-0.1, -0.05) is 12.1 Å². The molecule has 8 heteroatoms. The molecule has 0 aliphatic carbocycles. The van der Waals surface area contributed by atoms with Gasteiger partial charge in [-0.2, -0.15) is 0 Å². The molecule has 4 aromatic rings. The molecule has 2 heterocycles. The minimum atomic E-state index is -0.536. The van der Waals surface area contributed by atoms with E-state index in [-0.39, 0.29) is 17.6 Å². The van der Waals surface area contributed by atoms with E-state index < -0.39 is 17.1 Å². The fourth-order valence-corrected chi connectivity index (χ4v) is 3.12. The average molecular weight is 392 g/mol. The summed E-state index contributed by atoms with van der Waals surface area (Å²) in [6, 6.07) is 12.9. The van der Waals surface area contributed by atoms with Crippen molar-refractivity contribution < 1.29 is 9.13 Å². The highest BCUT2D eigenvalue weighted by atomic mass is 19.1. The van der Waals surface area contributed by atoms with Gasteiger partial charge in [0.25, 0.3) is 5.56 Å². The Labute approximate surface area is 164 Å². The summed E-state index contributed by atoms with van der Waals surface area (Å²) in [6.07, 6.45) is 1.41. The number of hydrogen-bond donors (Lipinski definition) is 0. The van der Waals surface area contributed by atoms with E-state index in [1.807, 2.05) is 0 Å². The Hall–Kier alpha value is -3.81. The second-order valence-electron chi connectivity index (χ2n) is 6.52. The molecule has 0 atom stereocenters. The Morgan fingerprint density at radius 2 is 1.86 bits per heavy atom. The average Bonchev–Trinajstić information content (AvgIpc) is 2.75. The van der Waals surface area contributed by atoms with Crippen molar-refractivity contribution >= 4 is 11.0 Å². The third-order valence-electron chi connectivity index (χ3n) is 4.66. The van der Waals surface area contributed by atoms with Crippen molar-refractivity contribution in [1.29, 1.82) is 0 Å². The van der Waals surface area contributed by atoms with E-state index in [9.17, 15) is 14.0 Å². The topological polar surface area (TPSA) is 79.0 Å². The first-order valence-corrected chi connectivity index (χ1v) is 8.83. The van der Waals surface area contributed by atoms with Gasteiger partial charge < -0.3 is 4.74 Å². The summed E-state index contributed by atoms with van der Waals surface area (Å²) in [6.45, 7) is -0.0422. The zero-order chi connectivity index (χ0) is 20.5. The summed E-state index contributed by atoms with van der Waals surface area (Å²) in [5.74, 6) is 0.653. The molecule has 0 unspecified atom stereocenters. The SMILES string of the molecule is COc1ccc(-c2ncc3c(=O)n(Cc4cccc(F)c4)c(=O)n(C)c3n2)cc1. The van der Waals surface area contributed by atoms with Crippen molar-refractivity contribution in [2.75, 3.05) is 7.11 Å². The molecule has 2 aromatic carbocycles. The molecule has 0 saturated heterocycles. The molecule has 0 bridgehead atoms. The van der Waals surface area contributed by atoms with E-state index in [4.69, 9.17) is 4.74 Å². The number of halogens is 1. The van der Waals surface area contributed by atoms with Gasteiger partial charge in [0.1, 0.15) is 17.0 Å². The van der Waals surface area contributed by atoms with Gasteiger partial charge in [-0.05, 0) is 42.0 Å². The van der Waals surface area contributed by atoms with Gasteiger partial charge in [0.2, 0.25) is 0 Å². The zero-order valence-corrected chi connectivity index (χ0v) is 15.8. The predicted molar refractivity (Wildman–Crippen MR) is 107 cm³/mol. The van der Waals surface area contributed by atoms with Crippen molar-refractivity contribution in [2.24, 2.45) is 7.05 Å². The van der Waals surface area contributed by atoms with E-state index in [1.165, 1.54) is 36.0 Å². The molecule has 0 amide bonds. The van der Waals surface area contributed by atoms with Crippen LogP contribution in [0, 0.1) is 5.82 Å². The van der Waals surface area contributed by atoms with Gasteiger partial charge in [-0.3, -0.25) is 13.9 Å². The quantitative estimate of drug-likeness (QED) is 0.533. The number of aryl methyl sites for hydroxylation is 1. The van der Waals surface area contributed by atoms with Gasteiger partial charge in [0, 0.05) is 18.8 Å². The van der Waals surface area contributed by atoms with Crippen molar-refractivity contribution in [1.82, 2.24) is 19.1 Å². The molecule has 0 saturated carbocycles. The fourth-order valence-electron chi connectivity index (χ4n) is 3.12. The maximum absolute atomic E-state index is 13.5. The molecule has 2 aromatic heterocycles. The van der Waals surface area contributed by atoms with E-state index in [1.54, 1.807) is 37.4 Å². The van der Waals surface area contributed by atoms with Crippen LogP contribution in [-0.2, 0) is 13.6 Å². The standard InChI is InChI=1S/C21H17FN4O3/c1-25-19-17(11-23-18(24-19)14-6-8-16(29-2)9-7-14)20(27)26(21(25)28)12-13-4-3-5-15(22)10-13/h3-11H,12H2,1-2H3. The van der Waals surface area contributed by atoms with Crippen LogP contribution in [0.4, 0.5) is 4.39 Å². The summed E-state index contributed by atoms with van der Waals surface area (Å²) >= 11 is 0. The lowest BCUT2D eigenvalue weighted by Gasteiger charge is -2.11. The third-order valence-corrected chi connectivity index (χ3v) is 4.66. The molecule has 4 rings (SSSR count). The maximum atomic E-state index is 13.5. The minimum absolute atomic E-state index is 0.0422. The number of nitrogens with zero attached hydrogens (tertiary/aromatic N) is 4. The molecule has 0 N–H and O–H groups in total. The molecule has 0 aliphatic heterocycles. The lowest BCUT2D eigenvalue weighted by Crippen LogP contribution is -2.39. The van der Waals surface area contributed by atoms with Crippen molar-refractivity contribution in [2.45, 2.75) is 6.54 Å². The second kappa shape index (κ2) is 7.31. The Morgan fingerprint density at radius 3 is 2.55 bits per heavy atom. The summed E-state index contributed by atoms with van der Waals surface area (Å²) in [7, 11) is 3.11. The van der Waals surface area contributed by atoms with Crippen LogP contribution in [0.15, 0.2) is 64.3 Å². The summed E-state index contributed by atoms with van der Waals surface area (Å²) in [5.41, 5.74) is 0.416. The lowest BCUT2D eigenvalue weighted by molar-refractivity contribution is 0.415. The van der Waals surface area contributed by atoms with E-state index in [0.717, 1.165) is 10.1 Å². The van der Waals surface area contributed by atoms with Gasteiger partial charge in [0.15, 0.2) is 11.5 Å². The molecule has 0 spiro atoms. The van der Waals surface area contributed by atoms with E-state index >= 15 is 0 Å². The molecule has 0 fully saturated rings. The normalized spacial score (nSPS) is 11.0.